The number of rotatable bonds is 3. The first kappa shape index (κ1) is 12.2. The van der Waals surface area contributed by atoms with Crippen LogP contribution in [0.3, 0.4) is 0 Å². The molecule has 2 nitrogen and oxygen atoms in total. The average Bonchev–Trinajstić information content (AvgIpc) is 2.99. The maximum Gasteiger partial charge on any atom is 0.309 e. The monoisotopic (exact) mass is 254 g/mol. The number of fused-ring (bicyclic) bond motifs is 1. The SMILES string of the molecule is O=C(OCc1ccc2ccccc2c1)C1CCCC1. The average molecular weight is 254 g/mol. The highest BCUT2D eigenvalue weighted by atomic mass is 16.5. The molecule has 0 saturated heterocycles. The highest BCUT2D eigenvalue weighted by Gasteiger charge is 2.23. The van der Waals surface area contributed by atoms with E-state index < -0.39 is 0 Å². The van der Waals surface area contributed by atoms with E-state index >= 15 is 0 Å². The number of carbonyl (C=O) groups excluding carboxylic acids is 1. The quantitative estimate of drug-likeness (QED) is 0.772. The smallest absolute Gasteiger partial charge is 0.309 e. The van der Waals surface area contributed by atoms with E-state index in [-0.39, 0.29) is 11.9 Å². The molecule has 0 atom stereocenters. The molecule has 0 spiro atoms. The van der Waals surface area contributed by atoms with Crippen LogP contribution in [0.1, 0.15) is 31.2 Å². The first-order valence-corrected chi connectivity index (χ1v) is 6.97. The molecule has 0 N–H and O–H groups in total. The van der Waals surface area contributed by atoms with Crippen molar-refractivity contribution in [2.24, 2.45) is 5.92 Å². The van der Waals surface area contributed by atoms with Gasteiger partial charge in [0.25, 0.3) is 0 Å². The van der Waals surface area contributed by atoms with Crippen molar-refractivity contribution >= 4 is 16.7 Å². The third-order valence-corrected chi connectivity index (χ3v) is 3.88. The number of hydrogen-bond acceptors (Lipinski definition) is 2. The number of ether oxygens (including phenoxy) is 1. The molecule has 2 heteroatoms. The summed E-state index contributed by atoms with van der Waals surface area (Å²) in [6.45, 7) is 0.389. The fourth-order valence-corrected chi connectivity index (χ4v) is 2.76. The molecule has 19 heavy (non-hydrogen) atoms. The van der Waals surface area contributed by atoms with Gasteiger partial charge in [-0.25, -0.2) is 0 Å². The summed E-state index contributed by atoms with van der Waals surface area (Å²) in [7, 11) is 0. The molecule has 1 aliphatic carbocycles. The van der Waals surface area contributed by atoms with E-state index in [2.05, 4.69) is 24.3 Å². The molecule has 0 unspecified atom stereocenters. The summed E-state index contributed by atoms with van der Waals surface area (Å²) < 4.78 is 5.42. The van der Waals surface area contributed by atoms with Crippen LogP contribution in [0.2, 0.25) is 0 Å². The standard InChI is InChI=1S/C17H18O2/c18-17(15-6-2-3-7-15)19-12-13-9-10-14-5-1-4-8-16(14)11-13/h1,4-5,8-11,15H,2-3,6-7,12H2. The molecule has 1 saturated carbocycles. The highest BCUT2D eigenvalue weighted by Crippen LogP contribution is 2.26. The van der Waals surface area contributed by atoms with Crippen LogP contribution in [-0.2, 0) is 16.1 Å². The molecule has 98 valence electrons. The highest BCUT2D eigenvalue weighted by molar-refractivity contribution is 5.83. The van der Waals surface area contributed by atoms with Gasteiger partial charge in [-0.3, -0.25) is 4.79 Å². The van der Waals surface area contributed by atoms with Gasteiger partial charge >= 0.3 is 5.97 Å². The molecule has 1 aliphatic rings. The van der Waals surface area contributed by atoms with Crippen molar-refractivity contribution in [2.75, 3.05) is 0 Å². The number of benzene rings is 2. The Labute approximate surface area is 113 Å². The van der Waals surface area contributed by atoms with Crippen LogP contribution in [0.15, 0.2) is 42.5 Å². The van der Waals surface area contributed by atoms with Crippen molar-refractivity contribution in [1.82, 2.24) is 0 Å². The van der Waals surface area contributed by atoms with E-state index in [9.17, 15) is 4.79 Å². The Morgan fingerprint density at radius 1 is 1.05 bits per heavy atom. The molecule has 3 rings (SSSR count). The number of esters is 1. The van der Waals surface area contributed by atoms with Gasteiger partial charge in [0.15, 0.2) is 0 Å². The molecular weight excluding hydrogens is 236 g/mol. The fourth-order valence-electron chi connectivity index (χ4n) is 2.76. The van der Waals surface area contributed by atoms with Crippen LogP contribution < -0.4 is 0 Å². The van der Waals surface area contributed by atoms with E-state index in [0.717, 1.165) is 31.2 Å². The molecule has 0 amide bonds. The Morgan fingerprint density at radius 3 is 2.58 bits per heavy atom. The summed E-state index contributed by atoms with van der Waals surface area (Å²) in [6, 6.07) is 14.4. The number of hydrogen-bond donors (Lipinski definition) is 0. The summed E-state index contributed by atoms with van der Waals surface area (Å²) in [6.07, 6.45) is 4.32. The van der Waals surface area contributed by atoms with Crippen molar-refractivity contribution < 1.29 is 9.53 Å². The minimum atomic E-state index is -0.0225. The lowest BCUT2D eigenvalue weighted by Crippen LogP contribution is -2.14. The van der Waals surface area contributed by atoms with Gasteiger partial charge in [0.2, 0.25) is 0 Å². The molecule has 2 aromatic carbocycles. The van der Waals surface area contributed by atoms with Gasteiger partial charge in [-0.15, -0.1) is 0 Å². The second kappa shape index (κ2) is 5.43. The van der Waals surface area contributed by atoms with Crippen LogP contribution in [0.25, 0.3) is 10.8 Å². The second-order valence-electron chi connectivity index (χ2n) is 5.27. The van der Waals surface area contributed by atoms with Crippen LogP contribution >= 0.6 is 0 Å². The lowest BCUT2D eigenvalue weighted by Gasteiger charge is -2.10. The molecule has 0 aromatic heterocycles. The largest absolute Gasteiger partial charge is 0.461 e. The Morgan fingerprint density at radius 2 is 1.79 bits per heavy atom. The Balaban J connectivity index is 1.66. The molecule has 0 bridgehead atoms. The molecule has 0 aliphatic heterocycles. The fraction of sp³-hybridized carbons (Fsp3) is 0.353. The zero-order valence-electron chi connectivity index (χ0n) is 11.0. The minimum Gasteiger partial charge on any atom is -0.461 e. The van der Waals surface area contributed by atoms with Crippen LogP contribution in [0.4, 0.5) is 0 Å². The van der Waals surface area contributed by atoms with Gasteiger partial charge in [-0.1, -0.05) is 49.2 Å². The van der Waals surface area contributed by atoms with Crippen LogP contribution in [0, 0.1) is 5.92 Å². The summed E-state index contributed by atoms with van der Waals surface area (Å²) in [5.74, 6) is 0.117. The third kappa shape index (κ3) is 2.78. The van der Waals surface area contributed by atoms with E-state index in [1.807, 2.05) is 18.2 Å². The molecular formula is C17H18O2. The van der Waals surface area contributed by atoms with Crippen molar-refractivity contribution in [1.29, 1.82) is 0 Å². The minimum absolute atomic E-state index is 0.0225. The maximum atomic E-state index is 11.9. The van der Waals surface area contributed by atoms with Gasteiger partial charge in [0, 0.05) is 0 Å². The first-order chi connectivity index (χ1) is 9.33. The lowest BCUT2D eigenvalue weighted by atomic mass is 10.1. The zero-order chi connectivity index (χ0) is 13.1. The first-order valence-electron chi connectivity index (χ1n) is 6.97. The summed E-state index contributed by atoms with van der Waals surface area (Å²) in [4.78, 5) is 11.9. The third-order valence-electron chi connectivity index (χ3n) is 3.88. The summed E-state index contributed by atoms with van der Waals surface area (Å²) >= 11 is 0. The summed E-state index contributed by atoms with van der Waals surface area (Å²) in [5, 5.41) is 2.41. The van der Waals surface area contributed by atoms with Crippen molar-refractivity contribution in [3.05, 3.63) is 48.0 Å². The molecule has 2 aromatic rings. The Bertz CT molecular complexity index is 583. The van der Waals surface area contributed by atoms with Gasteiger partial charge in [-0.05, 0) is 35.2 Å². The lowest BCUT2D eigenvalue weighted by molar-refractivity contribution is -0.149. The zero-order valence-corrected chi connectivity index (χ0v) is 11.0. The van der Waals surface area contributed by atoms with Crippen molar-refractivity contribution in [3.8, 4) is 0 Å². The second-order valence-corrected chi connectivity index (χ2v) is 5.27. The van der Waals surface area contributed by atoms with Crippen molar-refractivity contribution in [2.45, 2.75) is 32.3 Å². The van der Waals surface area contributed by atoms with Crippen LogP contribution in [0.5, 0.6) is 0 Å². The Hall–Kier alpha value is -1.83. The van der Waals surface area contributed by atoms with Gasteiger partial charge in [-0.2, -0.15) is 0 Å². The normalized spacial score (nSPS) is 15.8. The molecule has 0 heterocycles. The Kier molecular flexibility index (Phi) is 3.49. The maximum absolute atomic E-state index is 11.9. The van der Waals surface area contributed by atoms with E-state index in [0.29, 0.717) is 6.61 Å². The summed E-state index contributed by atoms with van der Waals surface area (Å²) in [5.41, 5.74) is 1.06. The predicted octanol–water partition coefficient (Wildman–Crippen LogP) is 4.07. The van der Waals surface area contributed by atoms with Gasteiger partial charge in [0.05, 0.1) is 5.92 Å². The topological polar surface area (TPSA) is 26.3 Å². The van der Waals surface area contributed by atoms with Gasteiger partial charge in [0.1, 0.15) is 6.61 Å². The number of carbonyl (C=O) groups is 1. The van der Waals surface area contributed by atoms with Crippen molar-refractivity contribution in [3.63, 3.8) is 0 Å². The molecule has 0 radical (unpaired) electrons. The van der Waals surface area contributed by atoms with E-state index in [4.69, 9.17) is 4.74 Å². The van der Waals surface area contributed by atoms with Crippen LogP contribution in [-0.4, -0.2) is 5.97 Å². The van der Waals surface area contributed by atoms with E-state index in [1.165, 1.54) is 10.8 Å². The molecule has 1 fully saturated rings. The predicted molar refractivity (Wildman–Crippen MR) is 75.7 cm³/mol. The van der Waals surface area contributed by atoms with Gasteiger partial charge < -0.3 is 4.74 Å². The van der Waals surface area contributed by atoms with E-state index in [1.54, 1.807) is 0 Å².